The van der Waals surface area contributed by atoms with Crippen molar-refractivity contribution in [2.24, 2.45) is 0 Å². The number of nitrogens with two attached hydrogens (primary N) is 1. The minimum absolute atomic E-state index is 0.224. The summed E-state index contributed by atoms with van der Waals surface area (Å²) in [6, 6.07) is 0.483. The fourth-order valence-corrected chi connectivity index (χ4v) is 1.59. The lowest BCUT2D eigenvalue weighted by atomic mass is 10.3. The molecule has 0 spiro atoms. The third kappa shape index (κ3) is 1.40. The Morgan fingerprint density at radius 3 is 2.94 bits per heavy atom. The minimum atomic E-state index is 0.224. The first kappa shape index (κ1) is 9.20. The molecule has 0 atom stereocenters. The monoisotopic (exact) mass is 220 g/mol. The standard InChI is InChI=1S/C9H12N6O/c1-16-8-5-6(11-4-2-3-4)12-9(10)13-7(5)14-15-8/h4H,2-3H2,1H3,(H4,10,11,12,13,14,15). The van der Waals surface area contributed by atoms with Crippen LogP contribution < -0.4 is 15.8 Å². The van der Waals surface area contributed by atoms with Crippen LogP contribution in [0, 0.1) is 0 Å². The van der Waals surface area contributed by atoms with Gasteiger partial charge in [-0.05, 0) is 12.8 Å². The number of rotatable bonds is 3. The quantitative estimate of drug-likeness (QED) is 0.697. The molecule has 0 saturated heterocycles. The van der Waals surface area contributed by atoms with Gasteiger partial charge in [0.1, 0.15) is 11.2 Å². The summed E-state index contributed by atoms with van der Waals surface area (Å²) in [4.78, 5) is 8.24. The minimum Gasteiger partial charge on any atom is -0.479 e. The van der Waals surface area contributed by atoms with Crippen molar-refractivity contribution >= 4 is 22.8 Å². The van der Waals surface area contributed by atoms with Crippen LogP contribution in [0.1, 0.15) is 12.8 Å². The summed E-state index contributed by atoms with van der Waals surface area (Å²) < 4.78 is 5.15. The molecule has 84 valence electrons. The molecule has 2 aromatic heterocycles. The van der Waals surface area contributed by atoms with Crippen molar-refractivity contribution in [1.29, 1.82) is 0 Å². The van der Waals surface area contributed by atoms with E-state index in [4.69, 9.17) is 10.5 Å². The summed E-state index contributed by atoms with van der Waals surface area (Å²) in [6.45, 7) is 0. The second kappa shape index (κ2) is 3.22. The van der Waals surface area contributed by atoms with Gasteiger partial charge in [-0.1, -0.05) is 0 Å². The van der Waals surface area contributed by atoms with Gasteiger partial charge in [0.2, 0.25) is 11.8 Å². The lowest BCUT2D eigenvalue weighted by Gasteiger charge is -2.05. The molecule has 0 unspecified atom stereocenters. The number of nitrogens with zero attached hydrogens (tertiary/aromatic N) is 3. The van der Waals surface area contributed by atoms with E-state index in [-0.39, 0.29) is 5.95 Å². The lowest BCUT2D eigenvalue weighted by Crippen LogP contribution is -2.06. The number of ether oxygens (including phenoxy) is 1. The van der Waals surface area contributed by atoms with Crippen molar-refractivity contribution in [3.63, 3.8) is 0 Å². The Morgan fingerprint density at radius 1 is 1.44 bits per heavy atom. The van der Waals surface area contributed by atoms with Crippen molar-refractivity contribution in [2.45, 2.75) is 18.9 Å². The number of nitrogens with one attached hydrogen (secondary N) is 2. The zero-order chi connectivity index (χ0) is 11.1. The number of aromatic amines is 1. The van der Waals surface area contributed by atoms with Gasteiger partial charge < -0.3 is 15.8 Å². The fraction of sp³-hybridized carbons (Fsp3) is 0.444. The summed E-state index contributed by atoms with van der Waals surface area (Å²) in [6.07, 6.45) is 2.32. The van der Waals surface area contributed by atoms with Crippen LogP contribution in [-0.4, -0.2) is 33.3 Å². The summed E-state index contributed by atoms with van der Waals surface area (Å²) in [7, 11) is 1.56. The van der Waals surface area contributed by atoms with Crippen molar-refractivity contribution in [1.82, 2.24) is 20.2 Å². The van der Waals surface area contributed by atoms with E-state index < -0.39 is 0 Å². The van der Waals surface area contributed by atoms with Gasteiger partial charge in [-0.3, -0.25) is 5.10 Å². The van der Waals surface area contributed by atoms with Crippen LogP contribution in [0.4, 0.5) is 11.8 Å². The van der Waals surface area contributed by atoms with E-state index in [1.807, 2.05) is 0 Å². The number of fused-ring (bicyclic) bond motifs is 1. The van der Waals surface area contributed by atoms with Crippen LogP contribution in [0.25, 0.3) is 11.0 Å². The second-order valence-electron chi connectivity index (χ2n) is 3.81. The van der Waals surface area contributed by atoms with Crippen LogP contribution in [0.2, 0.25) is 0 Å². The Kier molecular flexibility index (Phi) is 1.85. The third-order valence-corrected chi connectivity index (χ3v) is 2.52. The SMILES string of the molecule is COc1n[nH]c2nc(N)nc(NC3CC3)c12. The van der Waals surface area contributed by atoms with E-state index in [2.05, 4.69) is 25.5 Å². The van der Waals surface area contributed by atoms with E-state index in [1.165, 1.54) is 0 Å². The second-order valence-corrected chi connectivity index (χ2v) is 3.81. The third-order valence-electron chi connectivity index (χ3n) is 2.52. The predicted molar refractivity (Wildman–Crippen MR) is 59.3 cm³/mol. The molecule has 7 heteroatoms. The van der Waals surface area contributed by atoms with Crippen LogP contribution in [0.3, 0.4) is 0 Å². The predicted octanol–water partition coefficient (Wildman–Crippen LogP) is 0.518. The van der Waals surface area contributed by atoms with Gasteiger partial charge in [-0.2, -0.15) is 9.97 Å². The molecule has 0 aromatic carbocycles. The largest absolute Gasteiger partial charge is 0.479 e. The van der Waals surface area contributed by atoms with Gasteiger partial charge >= 0.3 is 0 Å². The van der Waals surface area contributed by atoms with E-state index >= 15 is 0 Å². The number of aromatic nitrogens is 4. The lowest BCUT2D eigenvalue weighted by molar-refractivity contribution is 0.401. The molecule has 2 aromatic rings. The van der Waals surface area contributed by atoms with E-state index in [0.29, 0.717) is 23.4 Å². The average Bonchev–Trinajstić information content (AvgIpc) is 2.96. The maximum absolute atomic E-state index is 5.62. The Balaban J connectivity index is 2.16. The van der Waals surface area contributed by atoms with Crippen molar-refractivity contribution in [3.05, 3.63) is 0 Å². The van der Waals surface area contributed by atoms with Gasteiger partial charge in [-0.15, -0.1) is 5.10 Å². The molecule has 16 heavy (non-hydrogen) atoms. The highest BCUT2D eigenvalue weighted by atomic mass is 16.5. The van der Waals surface area contributed by atoms with Gasteiger partial charge in [0.05, 0.1) is 7.11 Å². The van der Waals surface area contributed by atoms with Crippen molar-refractivity contribution in [3.8, 4) is 5.88 Å². The summed E-state index contributed by atoms with van der Waals surface area (Å²) in [5.41, 5.74) is 6.21. The molecule has 1 aliphatic rings. The molecule has 0 amide bonds. The van der Waals surface area contributed by atoms with Crippen LogP contribution in [0.15, 0.2) is 0 Å². The maximum Gasteiger partial charge on any atom is 0.245 e. The highest BCUT2D eigenvalue weighted by Gasteiger charge is 2.24. The summed E-state index contributed by atoms with van der Waals surface area (Å²) in [5, 5.41) is 10.8. The zero-order valence-corrected chi connectivity index (χ0v) is 8.82. The van der Waals surface area contributed by atoms with Gasteiger partial charge in [0.15, 0.2) is 5.65 Å². The van der Waals surface area contributed by atoms with E-state index in [9.17, 15) is 0 Å². The van der Waals surface area contributed by atoms with Gasteiger partial charge in [-0.25, -0.2) is 0 Å². The molecular weight excluding hydrogens is 208 g/mol. The topological polar surface area (TPSA) is 102 Å². The number of methoxy groups -OCH3 is 1. The van der Waals surface area contributed by atoms with E-state index in [0.717, 1.165) is 18.2 Å². The van der Waals surface area contributed by atoms with Crippen LogP contribution in [-0.2, 0) is 0 Å². The fourth-order valence-electron chi connectivity index (χ4n) is 1.59. The molecule has 0 aliphatic heterocycles. The number of nitrogen functional groups attached to an aromatic ring is 1. The van der Waals surface area contributed by atoms with Gasteiger partial charge in [0, 0.05) is 6.04 Å². The number of anilines is 2. The summed E-state index contributed by atoms with van der Waals surface area (Å²) >= 11 is 0. The number of hydrogen-bond donors (Lipinski definition) is 3. The molecule has 7 nitrogen and oxygen atoms in total. The Hall–Kier alpha value is -2.05. The van der Waals surface area contributed by atoms with Gasteiger partial charge in [0.25, 0.3) is 0 Å². The maximum atomic E-state index is 5.62. The molecule has 2 heterocycles. The molecule has 1 aliphatic carbocycles. The number of H-pyrrole nitrogens is 1. The molecule has 1 saturated carbocycles. The highest BCUT2D eigenvalue weighted by Crippen LogP contribution is 2.32. The van der Waals surface area contributed by atoms with E-state index in [1.54, 1.807) is 7.11 Å². The van der Waals surface area contributed by atoms with Crippen LogP contribution >= 0.6 is 0 Å². The Bertz CT molecular complexity index is 532. The molecular formula is C9H12N6O. The highest BCUT2D eigenvalue weighted by molar-refractivity contribution is 5.92. The molecule has 4 N–H and O–H groups in total. The average molecular weight is 220 g/mol. The first-order chi connectivity index (χ1) is 7.78. The first-order valence-electron chi connectivity index (χ1n) is 5.10. The van der Waals surface area contributed by atoms with Crippen molar-refractivity contribution < 1.29 is 4.74 Å². The normalized spacial score (nSPS) is 15.3. The number of hydrogen-bond acceptors (Lipinski definition) is 6. The molecule has 0 bridgehead atoms. The zero-order valence-electron chi connectivity index (χ0n) is 8.82. The first-order valence-corrected chi connectivity index (χ1v) is 5.10. The smallest absolute Gasteiger partial charge is 0.245 e. The molecule has 3 rings (SSSR count). The van der Waals surface area contributed by atoms with Crippen LogP contribution in [0.5, 0.6) is 5.88 Å². The Labute approximate surface area is 91.4 Å². The summed E-state index contributed by atoms with van der Waals surface area (Å²) in [5.74, 6) is 1.40. The Morgan fingerprint density at radius 2 is 2.25 bits per heavy atom. The van der Waals surface area contributed by atoms with Crippen molar-refractivity contribution in [2.75, 3.05) is 18.2 Å². The molecule has 1 fully saturated rings. The molecule has 0 radical (unpaired) electrons.